The molecular weight excluding hydrogens is 206 g/mol. The van der Waals surface area contributed by atoms with Crippen LogP contribution < -0.4 is 5.56 Å². The van der Waals surface area contributed by atoms with Gasteiger partial charge in [-0.3, -0.25) is 4.79 Å². The summed E-state index contributed by atoms with van der Waals surface area (Å²) in [6.07, 6.45) is 0. The Hall–Kier alpha value is -2.17. The highest BCUT2D eigenvalue weighted by molar-refractivity contribution is 5.50. The Balaban J connectivity index is 2.61. The van der Waals surface area contributed by atoms with Gasteiger partial charge in [0.25, 0.3) is 5.56 Å². The van der Waals surface area contributed by atoms with E-state index in [9.17, 15) is 9.90 Å². The molecule has 5 nitrogen and oxygen atoms in total. The molecule has 0 fully saturated rings. The molecule has 0 amide bonds. The molecule has 0 bridgehead atoms. The van der Waals surface area contributed by atoms with Gasteiger partial charge in [0.1, 0.15) is 5.69 Å². The smallest absolute Gasteiger partial charge is 0.257 e. The van der Waals surface area contributed by atoms with E-state index in [4.69, 9.17) is 0 Å². The molecule has 0 aromatic carbocycles. The maximum Gasteiger partial charge on any atom is 0.257 e. The average molecular weight is 217 g/mol. The van der Waals surface area contributed by atoms with E-state index in [1.54, 1.807) is 6.07 Å². The Labute approximate surface area is 91.8 Å². The molecule has 0 saturated heterocycles. The third-order valence-corrected chi connectivity index (χ3v) is 2.26. The fourth-order valence-electron chi connectivity index (χ4n) is 1.32. The summed E-state index contributed by atoms with van der Waals surface area (Å²) < 4.78 is 0. The lowest BCUT2D eigenvalue weighted by molar-refractivity contribution is 0.447. The van der Waals surface area contributed by atoms with Gasteiger partial charge in [-0.15, -0.1) is 0 Å². The zero-order valence-corrected chi connectivity index (χ0v) is 8.98. The molecule has 0 aliphatic carbocycles. The SMILES string of the molecule is Cc1cccc(-c2nc(O)c(C)c(=O)[nH]2)n1. The summed E-state index contributed by atoms with van der Waals surface area (Å²) >= 11 is 0. The summed E-state index contributed by atoms with van der Waals surface area (Å²) in [4.78, 5) is 22.1. The lowest BCUT2D eigenvalue weighted by atomic mass is 10.3. The molecule has 2 heterocycles. The van der Waals surface area contributed by atoms with Gasteiger partial charge in [-0.25, -0.2) is 4.98 Å². The summed E-state index contributed by atoms with van der Waals surface area (Å²) in [7, 11) is 0. The Kier molecular flexibility index (Phi) is 2.44. The largest absolute Gasteiger partial charge is 0.493 e. The van der Waals surface area contributed by atoms with Crippen LogP contribution in [0, 0.1) is 13.8 Å². The molecule has 82 valence electrons. The number of pyridine rings is 1. The highest BCUT2D eigenvalue weighted by Gasteiger charge is 2.08. The first-order chi connectivity index (χ1) is 7.58. The maximum atomic E-state index is 11.4. The van der Waals surface area contributed by atoms with Gasteiger partial charge in [0, 0.05) is 5.69 Å². The number of nitrogens with zero attached hydrogens (tertiary/aromatic N) is 2. The standard InChI is InChI=1S/C11H11N3O2/c1-6-4-3-5-8(12-6)9-13-10(15)7(2)11(16)14-9/h3-5H,1-2H3,(H2,13,14,15,16). The first kappa shape index (κ1) is 10.4. The summed E-state index contributed by atoms with van der Waals surface area (Å²) in [5, 5.41) is 9.45. The average Bonchev–Trinajstić information content (AvgIpc) is 2.25. The van der Waals surface area contributed by atoms with Crippen LogP contribution in [0.3, 0.4) is 0 Å². The van der Waals surface area contributed by atoms with Gasteiger partial charge in [-0.05, 0) is 26.0 Å². The maximum absolute atomic E-state index is 11.4. The van der Waals surface area contributed by atoms with Crippen molar-refractivity contribution in [1.82, 2.24) is 15.0 Å². The van der Waals surface area contributed by atoms with Gasteiger partial charge >= 0.3 is 0 Å². The van der Waals surface area contributed by atoms with Crippen LogP contribution in [0.4, 0.5) is 0 Å². The van der Waals surface area contributed by atoms with Gasteiger partial charge in [0.15, 0.2) is 5.82 Å². The second-order valence-electron chi connectivity index (χ2n) is 3.53. The molecule has 0 aliphatic heterocycles. The Morgan fingerprint density at radius 3 is 2.62 bits per heavy atom. The number of aryl methyl sites for hydroxylation is 1. The minimum atomic E-state index is -0.356. The van der Waals surface area contributed by atoms with Crippen molar-refractivity contribution in [3.05, 3.63) is 39.8 Å². The van der Waals surface area contributed by atoms with Crippen molar-refractivity contribution in [2.75, 3.05) is 0 Å². The van der Waals surface area contributed by atoms with Crippen molar-refractivity contribution >= 4 is 0 Å². The van der Waals surface area contributed by atoms with Gasteiger partial charge in [0.05, 0.1) is 5.56 Å². The molecular formula is C11H11N3O2. The molecule has 5 heteroatoms. The van der Waals surface area contributed by atoms with E-state index in [1.807, 2.05) is 19.1 Å². The number of aromatic nitrogens is 3. The molecule has 0 radical (unpaired) electrons. The van der Waals surface area contributed by atoms with Crippen molar-refractivity contribution in [2.45, 2.75) is 13.8 Å². The van der Waals surface area contributed by atoms with E-state index in [0.29, 0.717) is 5.69 Å². The van der Waals surface area contributed by atoms with Crippen molar-refractivity contribution in [3.8, 4) is 17.4 Å². The number of aromatic hydroxyl groups is 1. The molecule has 0 spiro atoms. The quantitative estimate of drug-likeness (QED) is 0.751. The van der Waals surface area contributed by atoms with Crippen LogP contribution >= 0.6 is 0 Å². The molecule has 2 N–H and O–H groups in total. The summed E-state index contributed by atoms with van der Waals surface area (Å²) in [6.45, 7) is 3.35. The van der Waals surface area contributed by atoms with E-state index in [0.717, 1.165) is 5.69 Å². The fourth-order valence-corrected chi connectivity index (χ4v) is 1.32. The summed E-state index contributed by atoms with van der Waals surface area (Å²) in [6, 6.07) is 5.38. The third-order valence-electron chi connectivity index (χ3n) is 2.26. The zero-order chi connectivity index (χ0) is 11.7. The van der Waals surface area contributed by atoms with Crippen molar-refractivity contribution in [3.63, 3.8) is 0 Å². The molecule has 0 unspecified atom stereocenters. The van der Waals surface area contributed by atoms with Gasteiger partial charge in [-0.2, -0.15) is 4.98 Å². The number of H-pyrrole nitrogens is 1. The number of hydrogen-bond acceptors (Lipinski definition) is 4. The highest BCUT2D eigenvalue weighted by Crippen LogP contribution is 2.15. The van der Waals surface area contributed by atoms with E-state index in [1.165, 1.54) is 6.92 Å². The first-order valence-electron chi connectivity index (χ1n) is 4.82. The van der Waals surface area contributed by atoms with Crippen LogP contribution in [0.1, 0.15) is 11.3 Å². The van der Waals surface area contributed by atoms with Gasteiger partial charge in [-0.1, -0.05) is 6.07 Å². The molecule has 2 aromatic rings. The zero-order valence-electron chi connectivity index (χ0n) is 8.98. The van der Waals surface area contributed by atoms with Crippen LogP contribution in [-0.4, -0.2) is 20.1 Å². The minimum Gasteiger partial charge on any atom is -0.493 e. The molecule has 16 heavy (non-hydrogen) atoms. The topological polar surface area (TPSA) is 78.9 Å². The van der Waals surface area contributed by atoms with Crippen LogP contribution in [0.5, 0.6) is 5.88 Å². The fraction of sp³-hybridized carbons (Fsp3) is 0.182. The minimum absolute atomic E-state index is 0.205. The second kappa shape index (κ2) is 3.77. The van der Waals surface area contributed by atoms with Crippen LogP contribution in [0.15, 0.2) is 23.0 Å². The number of aromatic amines is 1. The number of hydrogen-bond donors (Lipinski definition) is 2. The number of nitrogens with one attached hydrogen (secondary N) is 1. The molecule has 2 aromatic heterocycles. The predicted octanol–water partition coefficient (Wildman–Crippen LogP) is 1.15. The van der Waals surface area contributed by atoms with Crippen LogP contribution in [-0.2, 0) is 0 Å². The third kappa shape index (κ3) is 1.79. The Morgan fingerprint density at radius 2 is 2.00 bits per heavy atom. The van der Waals surface area contributed by atoms with E-state index >= 15 is 0 Å². The predicted molar refractivity (Wildman–Crippen MR) is 59.2 cm³/mol. The second-order valence-corrected chi connectivity index (χ2v) is 3.53. The van der Waals surface area contributed by atoms with Crippen molar-refractivity contribution < 1.29 is 5.11 Å². The monoisotopic (exact) mass is 217 g/mol. The van der Waals surface area contributed by atoms with E-state index in [2.05, 4.69) is 15.0 Å². The first-order valence-corrected chi connectivity index (χ1v) is 4.82. The normalized spacial score (nSPS) is 10.4. The number of rotatable bonds is 1. The van der Waals surface area contributed by atoms with E-state index in [-0.39, 0.29) is 22.8 Å². The summed E-state index contributed by atoms with van der Waals surface area (Å²) in [5.41, 5.74) is 1.20. The molecule has 0 saturated carbocycles. The lowest BCUT2D eigenvalue weighted by Gasteiger charge is -2.03. The summed E-state index contributed by atoms with van der Waals surface area (Å²) in [5.74, 6) is 0.0128. The van der Waals surface area contributed by atoms with Gasteiger partial charge in [0.2, 0.25) is 5.88 Å². The van der Waals surface area contributed by atoms with Crippen molar-refractivity contribution in [1.29, 1.82) is 0 Å². The van der Waals surface area contributed by atoms with Crippen LogP contribution in [0.2, 0.25) is 0 Å². The molecule has 0 aliphatic rings. The van der Waals surface area contributed by atoms with Gasteiger partial charge < -0.3 is 10.1 Å². The molecule has 2 rings (SSSR count). The Morgan fingerprint density at radius 1 is 1.25 bits per heavy atom. The highest BCUT2D eigenvalue weighted by atomic mass is 16.3. The Bertz CT molecular complexity index is 590. The van der Waals surface area contributed by atoms with Crippen LogP contribution in [0.25, 0.3) is 11.5 Å². The lowest BCUT2D eigenvalue weighted by Crippen LogP contribution is -2.12. The molecule has 0 atom stereocenters. The van der Waals surface area contributed by atoms with E-state index < -0.39 is 0 Å². The van der Waals surface area contributed by atoms with Crippen molar-refractivity contribution in [2.24, 2.45) is 0 Å².